The second-order valence-electron chi connectivity index (χ2n) is 6.95. The molecule has 6 unspecified atom stereocenters. The van der Waals surface area contributed by atoms with Crippen LogP contribution in [0.3, 0.4) is 0 Å². The molecule has 1 saturated heterocycles. The van der Waals surface area contributed by atoms with E-state index in [1.165, 1.54) is 5.56 Å². The first kappa shape index (κ1) is 14.5. The summed E-state index contributed by atoms with van der Waals surface area (Å²) in [4.78, 5) is 0. The second-order valence-corrected chi connectivity index (χ2v) is 8.71. The van der Waals surface area contributed by atoms with Gasteiger partial charge in [0.2, 0.25) is 0 Å². The van der Waals surface area contributed by atoms with Crippen LogP contribution in [-0.2, 0) is 14.9 Å². The maximum absolute atomic E-state index is 12.6. The van der Waals surface area contributed by atoms with Gasteiger partial charge in [-0.25, -0.2) is 0 Å². The van der Waals surface area contributed by atoms with E-state index < -0.39 is 15.4 Å². The fraction of sp³-hybridized carbons (Fsp3) is 0.647. The largest absolute Gasteiger partial charge is 0.382 e. The van der Waals surface area contributed by atoms with Crippen molar-refractivity contribution in [3.05, 3.63) is 29.8 Å². The van der Waals surface area contributed by atoms with E-state index >= 15 is 0 Å². The smallest absolute Gasteiger partial charge is 0.312 e. The van der Waals surface area contributed by atoms with Gasteiger partial charge in [0.05, 0.1) is 12.2 Å². The van der Waals surface area contributed by atoms with Crippen molar-refractivity contribution in [3.63, 3.8) is 0 Å². The minimum absolute atomic E-state index is 0.138. The minimum Gasteiger partial charge on any atom is -0.382 e. The summed E-state index contributed by atoms with van der Waals surface area (Å²) in [7, 11) is -3.57. The third-order valence-electron chi connectivity index (χ3n) is 5.68. The lowest BCUT2D eigenvalue weighted by Gasteiger charge is -2.19. The Morgan fingerprint density at radius 2 is 1.95 bits per heavy atom. The summed E-state index contributed by atoms with van der Waals surface area (Å²) >= 11 is 0. The summed E-state index contributed by atoms with van der Waals surface area (Å²) in [5, 5.41) is -0.393. The molecule has 2 saturated carbocycles. The molecule has 0 radical (unpaired) electrons. The number of benzene rings is 1. The van der Waals surface area contributed by atoms with Crippen molar-refractivity contribution in [2.24, 2.45) is 11.8 Å². The normalized spacial score (nSPS) is 36.9. The average Bonchev–Trinajstić information content (AvgIpc) is 3.10. The molecule has 0 N–H and O–H groups in total. The second kappa shape index (κ2) is 4.96. The van der Waals surface area contributed by atoms with Crippen LogP contribution in [0.1, 0.15) is 44.6 Å². The van der Waals surface area contributed by atoms with Gasteiger partial charge in [-0.15, -0.1) is 0 Å². The molecule has 4 rings (SSSR count). The van der Waals surface area contributed by atoms with Gasteiger partial charge in [-0.3, -0.25) is 0 Å². The molecular formula is C17H22O4S. The van der Waals surface area contributed by atoms with Crippen LogP contribution in [0.25, 0.3) is 0 Å². The molecule has 120 valence electrons. The van der Waals surface area contributed by atoms with Crippen LogP contribution in [0.5, 0.6) is 5.75 Å². The molecule has 6 atom stereocenters. The van der Waals surface area contributed by atoms with Crippen molar-refractivity contribution >= 4 is 10.1 Å². The number of hydrogen-bond acceptors (Lipinski definition) is 4. The standard InChI is InChI=1S/C17H22O4S/c1-3-10(2)11-4-6-13(7-5-11)21-22(18,19)15-9-12-8-14(15)17-16(12)20-17/h4-7,10,12,14-17H,3,8-9H2,1-2H3. The van der Waals surface area contributed by atoms with Crippen LogP contribution < -0.4 is 4.18 Å². The first-order valence-electron chi connectivity index (χ1n) is 8.18. The van der Waals surface area contributed by atoms with Gasteiger partial charge in [0.1, 0.15) is 11.0 Å². The van der Waals surface area contributed by atoms with Crippen LogP contribution in [0, 0.1) is 11.8 Å². The molecular weight excluding hydrogens is 300 g/mol. The Balaban J connectivity index is 1.48. The van der Waals surface area contributed by atoms with Crippen LogP contribution >= 0.6 is 0 Å². The monoisotopic (exact) mass is 322 g/mol. The van der Waals surface area contributed by atoms with Gasteiger partial charge >= 0.3 is 10.1 Å². The molecule has 0 aromatic heterocycles. The van der Waals surface area contributed by atoms with Crippen molar-refractivity contribution in [1.29, 1.82) is 0 Å². The average molecular weight is 322 g/mol. The van der Waals surface area contributed by atoms with E-state index in [4.69, 9.17) is 8.92 Å². The highest BCUT2D eigenvalue weighted by Crippen LogP contribution is 2.58. The van der Waals surface area contributed by atoms with Gasteiger partial charge < -0.3 is 8.92 Å². The molecule has 3 fully saturated rings. The fourth-order valence-corrected chi connectivity index (χ4v) is 5.84. The quantitative estimate of drug-likeness (QED) is 0.617. The van der Waals surface area contributed by atoms with E-state index in [-0.39, 0.29) is 12.0 Å². The summed E-state index contributed by atoms with van der Waals surface area (Å²) in [5.74, 6) is 1.45. The Labute approximate surface area is 131 Å². The summed E-state index contributed by atoms with van der Waals surface area (Å²) in [6.45, 7) is 4.30. The number of epoxide rings is 1. The molecule has 2 aliphatic carbocycles. The zero-order valence-corrected chi connectivity index (χ0v) is 13.8. The predicted molar refractivity (Wildman–Crippen MR) is 83.4 cm³/mol. The van der Waals surface area contributed by atoms with Gasteiger partial charge in [-0.05, 0) is 48.8 Å². The minimum atomic E-state index is -3.57. The Kier molecular flexibility index (Phi) is 3.28. The molecule has 4 nitrogen and oxygen atoms in total. The third kappa shape index (κ3) is 2.26. The highest BCUT2D eigenvalue weighted by molar-refractivity contribution is 7.87. The van der Waals surface area contributed by atoms with E-state index in [2.05, 4.69) is 13.8 Å². The van der Waals surface area contributed by atoms with E-state index in [1.807, 2.05) is 12.1 Å². The summed E-state index contributed by atoms with van der Waals surface area (Å²) in [5.41, 5.74) is 1.21. The van der Waals surface area contributed by atoms with Crippen molar-refractivity contribution < 1.29 is 17.3 Å². The van der Waals surface area contributed by atoms with Gasteiger partial charge in [0, 0.05) is 5.92 Å². The van der Waals surface area contributed by atoms with E-state index in [1.54, 1.807) is 12.1 Å². The van der Waals surface area contributed by atoms with E-state index in [0.29, 0.717) is 30.1 Å². The zero-order chi connectivity index (χ0) is 15.5. The van der Waals surface area contributed by atoms with E-state index in [0.717, 1.165) is 12.8 Å². The Morgan fingerprint density at radius 1 is 1.23 bits per heavy atom. The predicted octanol–water partition coefficient (Wildman–Crippen LogP) is 3.08. The van der Waals surface area contributed by atoms with Crippen molar-refractivity contribution in [1.82, 2.24) is 0 Å². The molecule has 1 aliphatic heterocycles. The summed E-state index contributed by atoms with van der Waals surface area (Å²) in [6.07, 6.45) is 3.25. The molecule has 2 bridgehead atoms. The lowest BCUT2D eigenvalue weighted by Crippen LogP contribution is -2.34. The van der Waals surface area contributed by atoms with Crippen molar-refractivity contribution in [2.75, 3.05) is 0 Å². The van der Waals surface area contributed by atoms with Crippen LogP contribution in [0.4, 0.5) is 0 Å². The van der Waals surface area contributed by atoms with Gasteiger partial charge in [-0.2, -0.15) is 8.42 Å². The fourth-order valence-electron chi connectivity index (χ4n) is 4.16. The molecule has 0 spiro atoms. The lowest BCUT2D eigenvalue weighted by molar-refractivity contribution is 0.263. The SMILES string of the molecule is CCC(C)c1ccc(OS(=O)(=O)C2CC3CC2C2OC32)cc1. The first-order chi connectivity index (χ1) is 10.5. The Hall–Kier alpha value is -1.07. The third-order valence-corrected chi connectivity index (χ3v) is 7.39. The Morgan fingerprint density at radius 3 is 2.55 bits per heavy atom. The van der Waals surface area contributed by atoms with Crippen molar-refractivity contribution in [3.8, 4) is 5.75 Å². The molecule has 1 heterocycles. The van der Waals surface area contributed by atoms with E-state index in [9.17, 15) is 8.42 Å². The van der Waals surface area contributed by atoms with Gasteiger partial charge in [-0.1, -0.05) is 26.0 Å². The number of hydrogen-bond donors (Lipinski definition) is 0. The highest BCUT2D eigenvalue weighted by Gasteiger charge is 2.66. The highest BCUT2D eigenvalue weighted by atomic mass is 32.2. The van der Waals surface area contributed by atoms with Crippen LogP contribution in [0.2, 0.25) is 0 Å². The van der Waals surface area contributed by atoms with Gasteiger partial charge in [0.15, 0.2) is 0 Å². The van der Waals surface area contributed by atoms with Gasteiger partial charge in [0.25, 0.3) is 0 Å². The number of ether oxygens (including phenoxy) is 1. The number of rotatable bonds is 5. The first-order valence-corrected chi connectivity index (χ1v) is 9.65. The lowest BCUT2D eigenvalue weighted by atomic mass is 9.99. The summed E-state index contributed by atoms with van der Waals surface area (Å²) < 4.78 is 36.0. The van der Waals surface area contributed by atoms with Crippen LogP contribution in [-0.4, -0.2) is 25.9 Å². The topological polar surface area (TPSA) is 55.9 Å². The van der Waals surface area contributed by atoms with Crippen molar-refractivity contribution in [2.45, 2.75) is 56.5 Å². The zero-order valence-electron chi connectivity index (χ0n) is 12.9. The maximum Gasteiger partial charge on any atom is 0.312 e. The molecule has 22 heavy (non-hydrogen) atoms. The molecule has 1 aromatic carbocycles. The molecule has 0 amide bonds. The number of fused-ring (bicyclic) bond motifs is 5. The Bertz CT molecular complexity index is 666. The molecule has 3 aliphatic rings. The van der Waals surface area contributed by atoms with Crippen LogP contribution in [0.15, 0.2) is 24.3 Å². The summed E-state index contributed by atoms with van der Waals surface area (Å²) in [6, 6.07) is 7.45. The molecule has 5 heteroatoms. The maximum atomic E-state index is 12.6. The molecule has 1 aromatic rings.